The molecule has 0 aliphatic carbocycles. The highest BCUT2D eigenvalue weighted by Crippen LogP contribution is 2.31. The first-order valence-electron chi connectivity index (χ1n) is 6.70. The number of piperidine rings is 1. The largest absolute Gasteiger partial charge is 0.322 e. The Balaban J connectivity index is 1.98. The van der Waals surface area contributed by atoms with Crippen molar-refractivity contribution in [2.24, 2.45) is 0 Å². The zero-order chi connectivity index (χ0) is 15.1. The number of nitrogens with one attached hydrogen (secondary N) is 1. The van der Waals surface area contributed by atoms with Gasteiger partial charge in [-0.15, -0.1) is 0 Å². The number of nitrogens with zero attached hydrogens (tertiary/aromatic N) is 2. The Labute approximate surface area is 121 Å². The van der Waals surface area contributed by atoms with E-state index in [1.807, 2.05) is 6.92 Å². The molecule has 0 aromatic heterocycles. The predicted molar refractivity (Wildman–Crippen MR) is 71.9 cm³/mol. The SMILES string of the molecule is Cc1ccc(C#N)c2c1C(=O)N(C1CCC(=O)NC1=O)C2. The normalized spacial score (nSPS) is 21.0. The van der Waals surface area contributed by atoms with E-state index in [9.17, 15) is 14.4 Å². The second-order valence-corrected chi connectivity index (χ2v) is 5.30. The lowest BCUT2D eigenvalue weighted by Gasteiger charge is -2.29. The van der Waals surface area contributed by atoms with Crippen molar-refractivity contribution in [3.63, 3.8) is 0 Å². The average Bonchev–Trinajstić information content (AvgIpc) is 2.78. The molecule has 0 spiro atoms. The van der Waals surface area contributed by atoms with Crippen molar-refractivity contribution >= 4 is 17.7 Å². The highest BCUT2D eigenvalue weighted by Gasteiger charge is 2.40. The first-order chi connectivity index (χ1) is 10.0. The maximum absolute atomic E-state index is 12.6. The molecule has 0 bridgehead atoms. The van der Waals surface area contributed by atoms with Crippen molar-refractivity contribution in [2.75, 3.05) is 0 Å². The summed E-state index contributed by atoms with van der Waals surface area (Å²) in [6.45, 7) is 2.05. The van der Waals surface area contributed by atoms with E-state index < -0.39 is 11.9 Å². The third-order valence-corrected chi connectivity index (χ3v) is 4.03. The number of imide groups is 1. The third-order valence-electron chi connectivity index (χ3n) is 4.03. The molecule has 1 aromatic carbocycles. The number of amides is 3. The van der Waals surface area contributed by atoms with Gasteiger partial charge in [-0.05, 0) is 25.0 Å². The molecule has 1 aromatic rings. The second-order valence-electron chi connectivity index (χ2n) is 5.30. The quantitative estimate of drug-likeness (QED) is 0.765. The molecule has 6 heteroatoms. The molecule has 1 atom stereocenters. The molecule has 1 fully saturated rings. The highest BCUT2D eigenvalue weighted by atomic mass is 16.2. The van der Waals surface area contributed by atoms with E-state index in [-0.39, 0.29) is 24.8 Å². The molecule has 3 rings (SSSR count). The fourth-order valence-corrected chi connectivity index (χ4v) is 2.95. The van der Waals surface area contributed by atoms with Crippen molar-refractivity contribution in [3.05, 3.63) is 34.4 Å². The number of hydrogen-bond acceptors (Lipinski definition) is 4. The van der Waals surface area contributed by atoms with Crippen molar-refractivity contribution in [1.82, 2.24) is 10.2 Å². The Bertz CT molecular complexity index is 718. The lowest BCUT2D eigenvalue weighted by atomic mass is 9.99. The molecule has 3 amide bonds. The summed E-state index contributed by atoms with van der Waals surface area (Å²) >= 11 is 0. The summed E-state index contributed by atoms with van der Waals surface area (Å²) < 4.78 is 0. The van der Waals surface area contributed by atoms with Crippen LogP contribution in [-0.4, -0.2) is 28.7 Å². The van der Waals surface area contributed by atoms with Crippen LogP contribution in [0.2, 0.25) is 0 Å². The summed E-state index contributed by atoms with van der Waals surface area (Å²) in [6.07, 6.45) is 0.548. The van der Waals surface area contributed by atoms with E-state index >= 15 is 0 Å². The molecule has 0 saturated carbocycles. The number of rotatable bonds is 1. The molecule has 21 heavy (non-hydrogen) atoms. The summed E-state index contributed by atoms with van der Waals surface area (Å²) in [7, 11) is 0. The summed E-state index contributed by atoms with van der Waals surface area (Å²) in [4.78, 5) is 37.2. The Morgan fingerprint density at radius 2 is 2.10 bits per heavy atom. The summed E-state index contributed by atoms with van der Waals surface area (Å²) in [5, 5.41) is 11.4. The molecule has 1 N–H and O–H groups in total. The van der Waals surface area contributed by atoms with Crippen molar-refractivity contribution in [3.8, 4) is 6.07 Å². The predicted octanol–water partition coefficient (Wildman–Crippen LogP) is 0.628. The fraction of sp³-hybridized carbons (Fsp3) is 0.333. The molecule has 2 aliphatic rings. The summed E-state index contributed by atoms with van der Waals surface area (Å²) in [5.41, 5.74) is 2.44. The smallest absolute Gasteiger partial charge is 0.255 e. The first kappa shape index (κ1) is 13.3. The molecule has 6 nitrogen and oxygen atoms in total. The van der Waals surface area contributed by atoms with Gasteiger partial charge in [0.05, 0.1) is 11.6 Å². The minimum Gasteiger partial charge on any atom is -0.322 e. The first-order valence-corrected chi connectivity index (χ1v) is 6.70. The van der Waals surface area contributed by atoms with Gasteiger partial charge in [0.1, 0.15) is 6.04 Å². The summed E-state index contributed by atoms with van der Waals surface area (Å²) in [6, 6.07) is 4.87. The number of carbonyl (C=O) groups excluding carboxylic acids is 3. The Hall–Kier alpha value is -2.68. The maximum Gasteiger partial charge on any atom is 0.255 e. The van der Waals surface area contributed by atoms with Crippen LogP contribution in [0.5, 0.6) is 0 Å². The van der Waals surface area contributed by atoms with Crippen LogP contribution in [0.15, 0.2) is 12.1 Å². The Morgan fingerprint density at radius 3 is 2.76 bits per heavy atom. The van der Waals surface area contributed by atoms with E-state index in [0.717, 1.165) is 5.56 Å². The van der Waals surface area contributed by atoms with Crippen LogP contribution in [0.4, 0.5) is 0 Å². The average molecular weight is 283 g/mol. The van der Waals surface area contributed by atoms with Gasteiger partial charge in [0.15, 0.2) is 0 Å². The standard InChI is InChI=1S/C15H13N3O3/c1-8-2-3-9(6-16)10-7-18(15(21)13(8)10)11-4-5-12(19)17-14(11)20/h2-3,11H,4-5,7H2,1H3,(H,17,19,20). The van der Waals surface area contributed by atoms with Crippen LogP contribution in [0, 0.1) is 18.3 Å². The summed E-state index contributed by atoms with van der Waals surface area (Å²) in [5.74, 6) is -0.994. The van der Waals surface area contributed by atoms with E-state index in [1.165, 1.54) is 4.90 Å². The van der Waals surface area contributed by atoms with Gasteiger partial charge in [-0.3, -0.25) is 19.7 Å². The highest BCUT2D eigenvalue weighted by molar-refractivity contribution is 6.06. The van der Waals surface area contributed by atoms with E-state index in [1.54, 1.807) is 12.1 Å². The maximum atomic E-state index is 12.6. The number of carbonyl (C=O) groups is 3. The third kappa shape index (κ3) is 1.98. The molecular formula is C15H13N3O3. The number of hydrogen-bond donors (Lipinski definition) is 1. The van der Waals surface area contributed by atoms with Crippen LogP contribution in [0.1, 0.15) is 39.9 Å². The van der Waals surface area contributed by atoms with Gasteiger partial charge in [-0.25, -0.2) is 0 Å². The Morgan fingerprint density at radius 1 is 1.33 bits per heavy atom. The monoisotopic (exact) mass is 283 g/mol. The van der Waals surface area contributed by atoms with Crippen molar-refractivity contribution in [1.29, 1.82) is 5.26 Å². The minimum atomic E-state index is -0.645. The van der Waals surface area contributed by atoms with Gasteiger partial charge in [-0.1, -0.05) is 6.07 Å². The minimum absolute atomic E-state index is 0.223. The lowest BCUT2D eigenvalue weighted by Crippen LogP contribution is -2.52. The van der Waals surface area contributed by atoms with Gasteiger partial charge in [0, 0.05) is 24.1 Å². The van der Waals surface area contributed by atoms with Gasteiger partial charge in [0.25, 0.3) is 5.91 Å². The Kier molecular flexibility index (Phi) is 2.98. The molecule has 0 radical (unpaired) electrons. The number of aryl methyl sites for hydroxylation is 1. The van der Waals surface area contributed by atoms with Crippen LogP contribution < -0.4 is 5.32 Å². The number of benzene rings is 1. The molecule has 2 aliphatic heterocycles. The lowest BCUT2D eigenvalue weighted by molar-refractivity contribution is -0.136. The molecule has 1 saturated heterocycles. The topological polar surface area (TPSA) is 90.3 Å². The van der Waals surface area contributed by atoms with Crippen LogP contribution >= 0.6 is 0 Å². The van der Waals surface area contributed by atoms with Gasteiger partial charge in [-0.2, -0.15) is 5.26 Å². The van der Waals surface area contributed by atoms with Gasteiger partial charge in [0.2, 0.25) is 11.8 Å². The number of fused-ring (bicyclic) bond motifs is 1. The molecule has 106 valence electrons. The van der Waals surface area contributed by atoms with Crippen LogP contribution in [-0.2, 0) is 16.1 Å². The van der Waals surface area contributed by atoms with Gasteiger partial charge < -0.3 is 4.90 Å². The van der Waals surface area contributed by atoms with Crippen LogP contribution in [0.3, 0.4) is 0 Å². The zero-order valence-electron chi connectivity index (χ0n) is 11.5. The van der Waals surface area contributed by atoms with Crippen molar-refractivity contribution in [2.45, 2.75) is 32.4 Å². The van der Waals surface area contributed by atoms with E-state index in [2.05, 4.69) is 11.4 Å². The molecule has 2 heterocycles. The van der Waals surface area contributed by atoms with Gasteiger partial charge >= 0.3 is 0 Å². The second kappa shape index (κ2) is 4.70. The molecular weight excluding hydrogens is 270 g/mol. The molecule has 1 unspecified atom stereocenters. The van der Waals surface area contributed by atoms with E-state index in [4.69, 9.17) is 5.26 Å². The van der Waals surface area contributed by atoms with Crippen LogP contribution in [0.25, 0.3) is 0 Å². The van der Waals surface area contributed by atoms with Crippen molar-refractivity contribution < 1.29 is 14.4 Å². The van der Waals surface area contributed by atoms with E-state index in [0.29, 0.717) is 23.1 Å². The number of nitriles is 1. The fourth-order valence-electron chi connectivity index (χ4n) is 2.95. The zero-order valence-corrected chi connectivity index (χ0v) is 11.5.